The van der Waals surface area contributed by atoms with E-state index in [0.717, 1.165) is 37.9 Å². The first kappa shape index (κ1) is 16.3. The second kappa shape index (κ2) is 8.41. The lowest BCUT2D eigenvalue weighted by molar-refractivity contribution is 0.0600. The van der Waals surface area contributed by atoms with Gasteiger partial charge in [-0.1, -0.05) is 12.1 Å². The van der Waals surface area contributed by atoms with E-state index in [-0.39, 0.29) is 5.97 Å². The van der Waals surface area contributed by atoms with Crippen LogP contribution in [0.1, 0.15) is 35.7 Å². The molecule has 0 bridgehead atoms. The van der Waals surface area contributed by atoms with E-state index >= 15 is 0 Å². The summed E-state index contributed by atoms with van der Waals surface area (Å²) in [7, 11) is 1.39. The Balaban J connectivity index is 1.78. The highest BCUT2D eigenvalue weighted by Crippen LogP contribution is 2.28. The molecule has 5 heteroatoms. The lowest BCUT2D eigenvalue weighted by atomic mass is 10.1. The number of benzene rings is 1. The van der Waals surface area contributed by atoms with Gasteiger partial charge in [0.05, 0.1) is 12.7 Å². The van der Waals surface area contributed by atoms with Crippen LogP contribution in [0.5, 0.6) is 0 Å². The van der Waals surface area contributed by atoms with Crippen molar-refractivity contribution in [3.63, 3.8) is 0 Å². The molecule has 0 unspecified atom stereocenters. The minimum atomic E-state index is -0.300. The maximum Gasteiger partial charge on any atom is 0.337 e. The Morgan fingerprint density at radius 1 is 1.27 bits per heavy atom. The molecule has 0 radical (unpaired) electrons. The summed E-state index contributed by atoms with van der Waals surface area (Å²) in [4.78, 5) is 16.0. The molecular weight excluding hydrogens is 278 g/mol. The fourth-order valence-electron chi connectivity index (χ4n) is 2.11. The van der Waals surface area contributed by atoms with Crippen LogP contribution < -0.4 is 10.6 Å². The molecule has 0 spiro atoms. The second-order valence-corrected chi connectivity index (χ2v) is 5.53. The zero-order valence-corrected chi connectivity index (χ0v) is 13.4. The summed E-state index contributed by atoms with van der Waals surface area (Å²) in [5.41, 5.74) is 1.76. The third-order valence-corrected chi connectivity index (χ3v) is 3.63. The van der Waals surface area contributed by atoms with Gasteiger partial charge in [0.1, 0.15) is 0 Å². The summed E-state index contributed by atoms with van der Waals surface area (Å²) in [6.45, 7) is 4.67. The molecule has 1 aromatic rings. The first-order valence-electron chi connectivity index (χ1n) is 7.92. The van der Waals surface area contributed by atoms with Gasteiger partial charge in [0, 0.05) is 19.6 Å². The van der Waals surface area contributed by atoms with Crippen molar-refractivity contribution in [3.05, 3.63) is 35.4 Å². The number of carbonyl (C=O) groups excluding carboxylic acids is 1. The van der Waals surface area contributed by atoms with Gasteiger partial charge in [-0.25, -0.2) is 4.79 Å². The number of guanidine groups is 1. The summed E-state index contributed by atoms with van der Waals surface area (Å²) in [5.74, 6) is 1.38. The first-order chi connectivity index (χ1) is 10.7. The molecule has 2 rings (SSSR count). The standard InChI is InChI=1S/C17H25N3O2/c1-3-18-17(20-12-14-4-5-14)19-11-10-13-6-8-15(9-7-13)16(21)22-2/h6-9,14H,3-5,10-12H2,1-2H3,(H2,18,19,20). The van der Waals surface area contributed by atoms with Crippen LogP contribution in [-0.2, 0) is 11.2 Å². The van der Waals surface area contributed by atoms with Crippen LogP contribution in [0.25, 0.3) is 0 Å². The maximum atomic E-state index is 11.4. The molecule has 5 nitrogen and oxygen atoms in total. The predicted molar refractivity (Wildman–Crippen MR) is 88.2 cm³/mol. The third-order valence-electron chi connectivity index (χ3n) is 3.63. The Bertz CT molecular complexity index is 507. The molecule has 0 saturated heterocycles. The number of nitrogens with zero attached hydrogens (tertiary/aromatic N) is 1. The number of esters is 1. The lowest BCUT2D eigenvalue weighted by Crippen LogP contribution is -2.38. The van der Waals surface area contributed by atoms with Gasteiger partial charge in [-0.3, -0.25) is 4.99 Å². The topological polar surface area (TPSA) is 62.7 Å². The summed E-state index contributed by atoms with van der Waals surface area (Å²) in [5, 5.41) is 6.61. The molecule has 22 heavy (non-hydrogen) atoms. The molecule has 1 aliphatic carbocycles. The van der Waals surface area contributed by atoms with Crippen molar-refractivity contribution in [3.8, 4) is 0 Å². The van der Waals surface area contributed by atoms with Crippen LogP contribution in [0.15, 0.2) is 29.3 Å². The highest BCUT2D eigenvalue weighted by atomic mass is 16.5. The predicted octanol–water partition coefficient (Wildman–Crippen LogP) is 1.98. The zero-order valence-electron chi connectivity index (χ0n) is 13.4. The van der Waals surface area contributed by atoms with E-state index in [1.807, 2.05) is 12.1 Å². The van der Waals surface area contributed by atoms with Gasteiger partial charge < -0.3 is 15.4 Å². The molecule has 2 N–H and O–H groups in total. The number of aliphatic imine (C=N–C) groups is 1. The van der Waals surface area contributed by atoms with E-state index in [1.54, 1.807) is 12.1 Å². The Labute approximate surface area is 132 Å². The summed E-state index contributed by atoms with van der Waals surface area (Å²) in [6, 6.07) is 7.52. The van der Waals surface area contributed by atoms with Gasteiger partial charge in [0.2, 0.25) is 0 Å². The van der Waals surface area contributed by atoms with E-state index in [9.17, 15) is 4.79 Å². The number of hydrogen-bond acceptors (Lipinski definition) is 3. The SMILES string of the molecule is CCNC(=NCC1CC1)NCCc1ccc(C(=O)OC)cc1. The minimum absolute atomic E-state index is 0.300. The molecule has 1 aromatic carbocycles. The number of hydrogen-bond donors (Lipinski definition) is 2. The Kier molecular flexibility index (Phi) is 6.25. The number of carbonyl (C=O) groups is 1. The average Bonchev–Trinajstić information content (AvgIpc) is 3.37. The Hall–Kier alpha value is -2.04. The monoisotopic (exact) mass is 303 g/mol. The van der Waals surface area contributed by atoms with Crippen LogP contribution in [0.3, 0.4) is 0 Å². The Morgan fingerprint density at radius 3 is 2.59 bits per heavy atom. The van der Waals surface area contributed by atoms with Crippen molar-refractivity contribution in [1.82, 2.24) is 10.6 Å². The largest absolute Gasteiger partial charge is 0.465 e. The van der Waals surface area contributed by atoms with Crippen LogP contribution >= 0.6 is 0 Å². The molecule has 1 saturated carbocycles. The van der Waals surface area contributed by atoms with Crippen LogP contribution in [0.2, 0.25) is 0 Å². The minimum Gasteiger partial charge on any atom is -0.465 e. The molecule has 0 heterocycles. The Morgan fingerprint density at radius 2 is 2.00 bits per heavy atom. The fraction of sp³-hybridized carbons (Fsp3) is 0.529. The molecule has 0 amide bonds. The molecule has 0 atom stereocenters. The van der Waals surface area contributed by atoms with E-state index in [1.165, 1.54) is 25.5 Å². The number of methoxy groups -OCH3 is 1. The summed E-state index contributed by atoms with van der Waals surface area (Å²) >= 11 is 0. The fourth-order valence-corrected chi connectivity index (χ4v) is 2.11. The normalized spacial score (nSPS) is 14.5. The van der Waals surface area contributed by atoms with Crippen molar-refractivity contribution in [1.29, 1.82) is 0 Å². The first-order valence-corrected chi connectivity index (χ1v) is 7.92. The quantitative estimate of drug-likeness (QED) is 0.459. The average molecular weight is 303 g/mol. The molecule has 120 valence electrons. The molecule has 1 fully saturated rings. The van der Waals surface area contributed by atoms with E-state index < -0.39 is 0 Å². The van der Waals surface area contributed by atoms with Crippen molar-refractivity contribution in [2.45, 2.75) is 26.2 Å². The van der Waals surface area contributed by atoms with Gasteiger partial charge in [0.15, 0.2) is 5.96 Å². The van der Waals surface area contributed by atoms with Crippen LogP contribution in [-0.4, -0.2) is 38.7 Å². The van der Waals surface area contributed by atoms with Crippen molar-refractivity contribution in [2.24, 2.45) is 10.9 Å². The lowest BCUT2D eigenvalue weighted by Gasteiger charge is -2.11. The van der Waals surface area contributed by atoms with Gasteiger partial charge in [-0.2, -0.15) is 0 Å². The zero-order chi connectivity index (χ0) is 15.8. The van der Waals surface area contributed by atoms with E-state index in [0.29, 0.717) is 5.56 Å². The molecule has 0 aliphatic heterocycles. The highest BCUT2D eigenvalue weighted by Gasteiger charge is 2.20. The van der Waals surface area contributed by atoms with Crippen molar-refractivity contribution >= 4 is 11.9 Å². The van der Waals surface area contributed by atoms with Crippen molar-refractivity contribution in [2.75, 3.05) is 26.7 Å². The second-order valence-electron chi connectivity index (χ2n) is 5.53. The van der Waals surface area contributed by atoms with Gasteiger partial charge >= 0.3 is 5.97 Å². The number of rotatable bonds is 7. The smallest absolute Gasteiger partial charge is 0.337 e. The van der Waals surface area contributed by atoms with E-state index in [2.05, 4.69) is 22.5 Å². The number of nitrogens with one attached hydrogen (secondary N) is 2. The number of ether oxygens (including phenoxy) is 1. The van der Waals surface area contributed by atoms with Crippen LogP contribution in [0.4, 0.5) is 0 Å². The summed E-state index contributed by atoms with van der Waals surface area (Å²) in [6.07, 6.45) is 3.51. The van der Waals surface area contributed by atoms with Gasteiger partial charge in [0.25, 0.3) is 0 Å². The van der Waals surface area contributed by atoms with Crippen molar-refractivity contribution < 1.29 is 9.53 Å². The van der Waals surface area contributed by atoms with Gasteiger partial charge in [-0.05, 0) is 49.8 Å². The van der Waals surface area contributed by atoms with E-state index in [4.69, 9.17) is 4.74 Å². The van der Waals surface area contributed by atoms with Gasteiger partial charge in [-0.15, -0.1) is 0 Å². The maximum absolute atomic E-state index is 11.4. The molecule has 0 aromatic heterocycles. The highest BCUT2D eigenvalue weighted by molar-refractivity contribution is 5.89. The van der Waals surface area contributed by atoms with Crippen LogP contribution in [0, 0.1) is 5.92 Å². The summed E-state index contributed by atoms with van der Waals surface area (Å²) < 4.78 is 4.69. The molecule has 1 aliphatic rings. The third kappa shape index (κ3) is 5.39. The molecular formula is C17H25N3O2.